The number of anilines is 2. The zero-order valence-electron chi connectivity index (χ0n) is 15.5. The third-order valence-corrected chi connectivity index (χ3v) is 4.99. The first-order valence-corrected chi connectivity index (χ1v) is 9.86. The largest absolute Gasteiger partial charge is 0.375 e. The predicted molar refractivity (Wildman–Crippen MR) is 110 cm³/mol. The molecular formula is C19H24N6OS. The van der Waals surface area contributed by atoms with E-state index in [0.29, 0.717) is 17.5 Å². The molecule has 0 saturated carbocycles. The Labute approximate surface area is 162 Å². The van der Waals surface area contributed by atoms with Crippen molar-refractivity contribution >= 4 is 39.1 Å². The number of rotatable bonds is 8. The van der Waals surface area contributed by atoms with E-state index in [9.17, 15) is 4.79 Å². The van der Waals surface area contributed by atoms with Crippen molar-refractivity contribution < 1.29 is 4.79 Å². The maximum Gasteiger partial charge on any atom is 0.242 e. The maximum absolute atomic E-state index is 12.7. The van der Waals surface area contributed by atoms with Gasteiger partial charge in [-0.25, -0.2) is 15.0 Å². The molecular weight excluding hydrogens is 360 g/mol. The zero-order chi connectivity index (χ0) is 19.2. The minimum Gasteiger partial charge on any atom is -0.375 e. The van der Waals surface area contributed by atoms with Crippen molar-refractivity contribution in [2.45, 2.75) is 32.7 Å². The summed E-state index contributed by atoms with van der Waals surface area (Å²) in [5.74, 6) is 0.745. The minimum absolute atomic E-state index is 0.0366. The third-order valence-electron chi connectivity index (χ3n) is 4.26. The SMILES string of the molecule is CC(C)[C@H](Nc1ncnc2ccccc12)C(=O)NCCCc1csc(N)n1. The Balaban J connectivity index is 1.60. The molecule has 0 spiro atoms. The summed E-state index contributed by atoms with van der Waals surface area (Å²) in [4.78, 5) is 25.5. The van der Waals surface area contributed by atoms with Gasteiger partial charge in [-0.2, -0.15) is 0 Å². The van der Waals surface area contributed by atoms with Crippen LogP contribution in [0.2, 0.25) is 0 Å². The number of aromatic nitrogens is 3. The van der Waals surface area contributed by atoms with Crippen molar-refractivity contribution in [1.82, 2.24) is 20.3 Å². The molecule has 3 rings (SSSR count). The summed E-state index contributed by atoms with van der Waals surface area (Å²) in [6.07, 6.45) is 3.12. The van der Waals surface area contributed by atoms with Crippen LogP contribution in [0.15, 0.2) is 36.0 Å². The summed E-state index contributed by atoms with van der Waals surface area (Å²) in [6, 6.07) is 7.37. The quantitative estimate of drug-likeness (QED) is 0.516. The van der Waals surface area contributed by atoms with Gasteiger partial charge >= 0.3 is 0 Å². The molecule has 142 valence electrons. The fourth-order valence-corrected chi connectivity index (χ4v) is 3.43. The van der Waals surface area contributed by atoms with Crippen molar-refractivity contribution in [2.75, 3.05) is 17.6 Å². The molecule has 7 nitrogen and oxygen atoms in total. The summed E-state index contributed by atoms with van der Waals surface area (Å²) in [7, 11) is 0. The van der Waals surface area contributed by atoms with Crippen molar-refractivity contribution in [3.05, 3.63) is 41.7 Å². The number of benzene rings is 1. The van der Waals surface area contributed by atoms with Gasteiger partial charge in [0.2, 0.25) is 5.91 Å². The number of carbonyl (C=O) groups excluding carboxylic acids is 1. The highest BCUT2D eigenvalue weighted by Crippen LogP contribution is 2.20. The Kier molecular flexibility index (Phi) is 6.18. The zero-order valence-corrected chi connectivity index (χ0v) is 16.3. The van der Waals surface area contributed by atoms with Crippen molar-refractivity contribution in [1.29, 1.82) is 0 Å². The molecule has 27 heavy (non-hydrogen) atoms. The second-order valence-electron chi connectivity index (χ2n) is 6.68. The monoisotopic (exact) mass is 384 g/mol. The van der Waals surface area contributed by atoms with Crippen LogP contribution < -0.4 is 16.4 Å². The highest BCUT2D eigenvalue weighted by molar-refractivity contribution is 7.13. The number of nitrogens with two attached hydrogens (primary N) is 1. The summed E-state index contributed by atoms with van der Waals surface area (Å²) in [6.45, 7) is 4.61. The first-order chi connectivity index (χ1) is 13.0. The number of amides is 1. The molecule has 0 saturated heterocycles. The summed E-state index contributed by atoms with van der Waals surface area (Å²) < 4.78 is 0. The average Bonchev–Trinajstić information content (AvgIpc) is 3.08. The van der Waals surface area contributed by atoms with E-state index < -0.39 is 0 Å². The van der Waals surface area contributed by atoms with Crippen LogP contribution >= 0.6 is 11.3 Å². The van der Waals surface area contributed by atoms with E-state index in [-0.39, 0.29) is 17.9 Å². The maximum atomic E-state index is 12.7. The number of nitrogen functional groups attached to an aromatic ring is 1. The number of hydrogen-bond acceptors (Lipinski definition) is 7. The van der Waals surface area contributed by atoms with Gasteiger partial charge in [-0.15, -0.1) is 11.3 Å². The molecule has 0 bridgehead atoms. The predicted octanol–water partition coefficient (Wildman–Crippen LogP) is 2.85. The number of carbonyl (C=O) groups is 1. The van der Waals surface area contributed by atoms with Gasteiger partial charge in [-0.05, 0) is 30.9 Å². The first kappa shape index (κ1) is 19.0. The molecule has 0 aliphatic rings. The van der Waals surface area contributed by atoms with Gasteiger partial charge < -0.3 is 16.4 Å². The number of thiazole rings is 1. The van der Waals surface area contributed by atoms with Crippen molar-refractivity contribution in [3.8, 4) is 0 Å². The number of nitrogens with zero attached hydrogens (tertiary/aromatic N) is 3. The van der Waals surface area contributed by atoms with E-state index in [1.54, 1.807) is 0 Å². The fraction of sp³-hybridized carbons (Fsp3) is 0.368. The molecule has 0 aliphatic carbocycles. The fourth-order valence-electron chi connectivity index (χ4n) is 2.83. The van der Waals surface area contributed by atoms with Gasteiger partial charge in [0.15, 0.2) is 5.13 Å². The van der Waals surface area contributed by atoms with Gasteiger partial charge in [0.05, 0.1) is 11.2 Å². The van der Waals surface area contributed by atoms with Crippen LogP contribution in [0.4, 0.5) is 10.9 Å². The highest BCUT2D eigenvalue weighted by Gasteiger charge is 2.23. The Bertz CT molecular complexity index is 905. The van der Waals surface area contributed by atoms with Gasteiger partial charge in [-0.3, -0.25) is 4.79 Å². The lowest BCUT2D eigenvalue weighted by molar-refractivity contribution is -0.122. The van der Waals surface area contributed by atoms with E-state index in [0.717, 1.165) is 29.4 Å². The van der Waals surface area contributed by atoms with E-state index in [2.05, 4.69) is 25.6 Å². The second-order valence-corrected chi connectivity index (χ2v) is 7.57. The Morgan fingerprint density at radius 2 is 2.07 bits per heavy atom. The molecule has 1 amide bonds. The van der Waals surface area contributed by atoms with Crippen LogP contribution in [-0.2, 0) is 11.2 Å². The number of para-hydroxylation sites is 1. The highest BCUT2D eigenvalue weighted by atomic mass is 32.1. The summed E-state index contributed by atoms with van der Waals surface area (Å²) in [5.41, 5.74) is 7.45. The molecule has 8 heteroatoms. The molecule has 0 radical (unpaired) electrons. The number of fused-ring (bicyclic) bond motifs is 1. The van der Waals surface area contributed by atoms with Crippen molar-refractivity contribution in [3.63, 3.8) is 0 Å². The first-order valence-electron chi connectivity index (χ1n) is 8.98. The lowest BCUT2D eigenvalue weighted by Crippen LogP contribution is -2.43. The van der Waals surface area contributed by atoms with Crippen LogP contribution in [-0.4, -0.2) is 33.4 Å². The Morgan fingerprint density at radius 3 is 2.81 bits per heavy atom. The average molecular weight is 385 g/mol. The minimum atomic E-state index is -0.377. The summed E-state index contributed by atoms with van der Waals surface area (Å²) in [5, 5.41) is 9.74. The molecule has 0 unspecified atom stereocenters. The molecule has 4 N–H and O–H groups in total. The van der Waals surface area contributed by atoms with Crippen LogP contribution in [0.5, 0.6) is 0 Å². The topological polar surface area (TPSA) is 106 Å². The molecule has 3 aromatic rings. The Hall–Kier alpha value is -2.74. The van der Waals surface area contributed by atoms with Gasteiger partial charge in [0.1, 0.15) is 18.2 Å². The molecule has 2 aromatic heterocycles. The van der Waals surface area contributed by atoms with E-state index >= 15 is 0 Å². The number of aryl methyl sites for hydroxylation is 1. The summed E-state index contributed by atoms with van der Waals surface area (Å²) >= 11 is 1.44. The lowest BCUT2D eigenvalue weighted by atomic mass is 10.0. The van der Waals surface area contributed by atoms with Gasteiger partial charge in [0.25, 0.3) is 0 Å². The van der Waals surface area contributed by atoms with Crippen LogP contribution in [0.3, 0.4) is 0 Å². The second kappa shape index (κ2) is 8.77. The van der Waals surface area contributed by atoms with Crippen LogP contribution in [0.25, 0.3) is 10.9 Å². The number of hydrogen-bond donors (Lipinski definition) is 3. The normalized spacial score (nSPS) is 12.3. The lowest BCUT2D eigenvalue weighted by Gasteiger charge is -2.22. The smallest absolute Gasteiger partial charge is 0.242 e. The van der Waals surface area contributed by atoms with Gasteiger partial charge in [-0.1, -0.05) is 26.0 Å². The third kappa shape index (κ3) is 4.91. The van der Waals surface area contributed by atoms with Crippen molar-refractivity contribution in [2.24, 2.45) is 5.92 Å². The number of nitrogens with one attached hydrogen (secondary N) is 2. The van der Waals surface area contributed by atoms with Crippen LogP contribution in [0, 0.1) is 5.92 Å². The van der Waals surface area contributed by atoms with Gasteiger partial charge in [0, 0.05) is 17.3 Å². The Morgan fingerprint density at radius 1 is 1.26 bits per heavy atom. The molecule has 1 atom stereocenters. The molecule has 1 aromatic carbocycles. The van der Waals surface area contributed by atoms with E-state index in [1.165, 1.54) is 17.7 Å². The van der Waals surface area contributed by atoms with Crippen LogP contribution in [0.1, 0.15) is 26.0 Å². The molecule has 2 heterocycles. The standard InChI is InChI=1S/C19H24N6OS/c1-12(2)16(18(26)21-9-5-6-13-10-27-19(20)24-13)25-17-14-7-3-4-8-15(14)22-11-23-17/h3-4,7-8,10-12,16H,5-6,9H2,1-2H3,(H2,20,24)(H,21,26)(H,22,23,25)/t16-/m0/s1. The van der Waals surface area contributed by atoms with E-state index in [4.69, 9.17) is 5.73 Å². The molecule has 0 fully saturated rings. The molecule has 0 aliphatic heterocycles. The van der Waals surface area contributed by atoms with E-state index in [1.807, 2.05) is 43.5 Å².